The van der Waals surface area contributed by atoms with E-state index in [4.69, 9.17) is 14.7 Å². The van der Waals surface area contributed by atoms with Gasteiger partial charge in [-0.15, -0.1) is 0 Å². The maximum atomic E-state index is 14.2. The van der Waals surface area contributed by atoms with Crippen LogP contribution < -0.4 is 4.90 Å². The molecule has 2 aliphatic heterocycles. The van der Waals surface area contributed by atoms with Gasteiger partial charge in [0.2, 0.25) is 5.91 Å². The predicted molar refractivity (Wildman–Crippen MR) is 153 cm³/mol. The summed E-state index contributed by atoms with van der Waals surface area (Å²) in [6.45, 7) is 6.21. The van der Waals surface area contributed by atoms with Gasteiger partial charge in [0.25, 0.3) is 0 Å². The Morgan fingerprint density at radius 3 is 2.23 bits per heavy atom. The Morgan fingerprint density at radius 2 is 1.56 bits per heavy atom. The fraction of sp³-hybridized carbons (Fsp3) is 0.303. The molecule has 0 saturated carbocycles. The summed E-state index contributed by atoms with van der Waals surface area (Å²) in [7, 11) is 0. The third-order valence-electron chi connectivity index (χ3n) is 7.66. The Labute approximate surface area is 230 Å². The average Bonchev–Trinajstić information content (AvgIpc) is 2.98. The molecule has 198 valence electrons. The third kappa shape index (κ3) is 5.57. The summed E-state index contributed by atoms with van der Waals surface area (Å²) in [5.41, 5.74) is 6.61. The molecule has 6 rings (SSSR count). The molecule has 1 saturated heterocycles. The number of carbonyl (C=O) groups excluding carboxylic acids is 1. The van der Waals surface area contributed by atoms with Crippen LogP contribution in [0.25, 0.3) is 0 Å². The number of hydrogen-bond donors (Lipinski definition) is 0. The van der Waals surface area contributed by atoms with Crippen molar-refractivity contribution in [3.8, 4) is 0 Å². The van der Waals surface area contributed by atoms with Crippen LogP contribution in [0.4, 0.5) is 5.82 Å². The molecule has 0 bridgehead atoms. The minimum atomic E-state index is -0.345. The molecule has 6 heteroatoms. The van der Waals surface area contributed by atoms with Crippen LogP contribution in [0.3, 0.4) is 0 Å². The highest BCUT2D eigenvalue weighted by atomic mass is 16.5. The fourth-order valence-corrected chi connectivity index (χ4v) is 5.71. The number of carbonyl (C=O) groups is 1. The van der Waals surface area contributed by atoms with Crippen molar-refractivity contribution < 1.29 is 9.53 Å². The minimum Gasteiger partial charge on any atom is -0.378 e. The zero-order chi connectivity index (χ0) is 26.6. The van der Waals surface area contributed by atoms with E-state index in [1.54, 1.807) is 0 Å². The Bertz CT molecular complexity index is 1400. The summed E-state index contributed by atoms with van der Waals surface area (Å²) in [5.74, 6) is 1.57. The maximum absolute atomic E-state index is 14.2. The van der Waals surface area contributed by atoms with Crippen LogP contribution in [-0.4, -0.2) is 53.6 Å². The van der Waals surface area contributed by atoms with Gasteiger partial charge in [0.05, 0.1) is 31.4 Å². The molecule has 2 aliphatic rings. The third-order valence-corrected chi connectivity index (χ3v) is 7.66. The van der Waals surface area contributed by atoms with E-state index in [0.717, 1.165) is 53.5 Å². The Hall–Kier alpha value is -4.03. The Kier molecular flexibility index (Phi) is 7.37. The molecule has 1 aromatic heterocycles. The van der Waals surface area contributed by atoms with Crippen LogP contribution in [-0.2, 0) is 28.9 Å². The largest absolute Gasteiger partial charge is 0.378 e. The highest BCUT2D eigenvalue weighted by Crippen LogP contribution is 2.32. The zero-order valence-electron chi connectivity index (χ0n) is 22.4. The molecule has 0 aliphatic carbocycles. The number of ether oxygens (including phenoxy) is 1. The second kappa shape index (κ2) is 11.4. The molecule has 0 radical (unpaired) electrons. The Balaban J connectivity index is 1.34. The van der Waals surface area contributed by atoms with E-state index in [0.29, 0.717) is 32.7 Å². The van der Waals surface area contributed by atoms with Gasteiger partial charge in [-0.1, -0.05) is 90.5 Å². The van der Waals surface area contributed by atoms with Crippen molar-refractivity contribution in [3.63, 3.8) is 0 Å². The topological polar surface area (TPSA) is 58.6 Å². The van der Waals surface area contributed by atoms with Crippen LogP contribution in [0.15, 0.2) is 84.9 Å². The lowest BCUT2D eigenvalue weighted by Gasteiger charge is -2.36. The number of aromatic nitrogens is 2. The smallest absolute Gasteiger partial charge is 0.234 e. The lowest BCUT2D eigenvalue weighted by atomic mass is 9.89. The number of hydrogen-bond acceptors (Lipinski definition) is 5. The average molecular weight is 519 g/mol. The van der Waals surface area contributed by atoms with Crippen LogP contribution in [0, 0.1) is 6.92 Å². The van der Waals surface area contributed by atoms with E-state index in [-0.39, 0.29) is 11.8 Å². The summed E-state index contributed by atoms with van der Waals surface area (Å²) in [4.78, 5) is 28.7. The fourth-order valence-electron chi connectivity index (χ4n) is 5.71. The van der Waals surface area contributed by atoms with Gasteiger partial charge in [0, 0.05) is 38.0 Å². The molecule has 1 amide bonds. The highest BCUT2D eigenvalue weighted by Gasteiger charge is 2.33. The van der Waals surface area contributed by atoms with Gasteiger partial charge in [-0.3, -0.25) is 4.79 Å². The predicted octanol–water partition coefficient (Wildman–Crippen LogP) is 4.93. The van der Waals surface area contributed by atoms with Gasteiger partial charge in [-0.2, -0.15) is 0 Å². The maximum Gasteiger partial charge on any atom is 0.234 e. The van der Waals surface area contributed by atoms with Crippen molar-refractivity contribution in [1.29, 1.82) is 0 Å². The summed E-state index contributed by atoms with van der Waals surface area (Å²) >= 11 is 0. The summed E-state index contributed by atoms with van der Waals surface area (Å²) in [6.07, 6.45) is 1.41. The SMILES string of the molecule is Cc1cccc(Cc2nc3c(c(N4CCOCC4)n2)CN(C(=O)C(c2ccccc2)c2ccccc2)CC3)c1. The van der Waals surface area contributed by atoms with Gasteiger partial charge in [-0.25, -0.2) is 9.97 Å². The molecule has 4 aromatic rings. The van der Waals surface area contributed by atoms with E-state index in [1.165, 1.54) is 11.1 Å². The van der Waals surface area contributed by atoms with E-state index in [9.17, 15) is 4.79 Å². The highest BCUT2D eigenvalue weighted by molar-refractivity contribution is 5.87. The monoisotopic (exact) mass is 518 g/mol. The number of aryl methyl sites for hydroxylation is 1. The number of rotatable bonds is 6. The van der Waals surface area contributed by atoms with Crippen molar-refractivity contribution in [2.45, 2.75) is 32.2 Å². The quantitative estimate of drug-likeness (QED) is 0.362. The molecule has 3 aromatic carbocycles. The number of anilines is 1. The normalized spacial score (nSPS) is 15.3. The first-order valence-corrected chi connectivity index (χ1v) is 13.8. The Morgan fingerprint density at radius 1 is 0.872 bits per heavy atom. The van der Waals surface area contributed by atoms with Crippen LogP contribution in [0.1, 0.15) is 45.3 Å². The molecule has 3 heterocycles. The summed E-state index contributed by atoms with van der Waals surface area (Å²) in [5, 5.41) is 0. The van der Waals surface area contributed by atoms with E-state index >= 15 is 0 Å². The van der Waals surface area contributed by atoms with Crippen LogP contribution in [0.5, 0.6) is 0 Å². The molecule has 0 N–H and O–H groups in total. The lowest BCUT2D eigenvalue weighted by Crippen LogP contribution is -2.42. The lowest BCUT2D eigenvalue weighted by molar-refractivity contribution is -0.132. The molecular weight excluding hydrogens is 484 g/mol. The van der Waals surface area contributed by atoms with E-state index in [2.05, 4.69) is 36.1 Å². The van der Waals surface area contributed by atoms with Crippen molar-refractivity contribution in [3.05, 3.63) is 124 Å². The van der Waals surface area contributed by atoms with E-state index < -0.39 is 0 Å². The summed E-state index contributed by atoms with van der Waals surface area (Å²) in [6, 6.07) is 28.7. The number of morpholine rings is 1. The molecule has 0 atom stereocenters. The van der Waals surface area contributed by atoms with Crippen molar-refractivity contribution >= 4 is 11.7 Å². The van der Waals surface area contributed by atoms with Crippen LogP contribution in [0.2, 0.25) is 0 Å². The summed E-state index contributed by atoms with van der Waals surface area (Å²) < 4.78 is 5.64. The number of amides is 1. The second-order valence-electron chi connectivity index (χ2n) is 10.4. The molecular formula is C33H34N4O2. The molecule has 1 fully saturated rings. The second-order valence-corrected chi connectivity index (χ2v) is 10.4. The van der Waals surface area contributed by atoms with Crippen molar-refractivity contribution in [2.75, 3.05) is 37.7 Å². The number of nitrogens with zero attached hydrogens (tertiary/aromatic N) is 4. The van der Waals surface area contributed by atoms with E-state index in [1.807, 2.05) is 65.6 Å². The first-order chi connectivity index (χ1) is 19.2. The first-order valence-electron chi connectivity index (χ1n) is 13.8. The van der Waals surface area contributed by atoms with Crippen molar-refractivity contribution in [2.24, 2.45) is 0 Å². The molecule has 0 unspecified atom stereocenters. The zero-order valence-corrected chi connectivity index (χ0v) is 22.4. The van der Waals surface area contributed by atoms with Gasteiger partial charge < -0.3 is 14.5 Å². The van der Waals surface area contributed by atoms with Gasteiger partial charge >= 0.3 is 0 Å². The molecule has 39 heavy (non-hydrogen) atoms. The van der Waals surface area contributed by atoms with Crippen molar-refractivity contribution in [1.82, 2.24) is 14.9 Å². The standard InChI is InChI=1S/C33H34N4O2/c1-24-9-8-10-25(21-24)22-30-34-29-15-16-37(23-28(29)32(35-30)36-17-19-39-20-18-36)33(38)31(26-11-4-2-5-12-26)27-13-6-3-7-14-27/h2-14,21,31H,15-20,22-23H2,1H3. The molecule has 0 spiro atoms. The number of benzene rings is 3. The van der Waals surface area contributed by atoms with Gasteiger partial charge in [-0.05, 0) is 23.6 Å². The van der Waals surface area contributed by atoms with Gasteiger partial charge in [0.1, 0.15) is 11.6 Å². The van der Waals surface area contributed by atoms with Crippen LogP contribution >= 0.6 is 0 Å². The molecule has 6 nitrogen and oxygen atoms in total. The van der Waals surface area contributed by atoms with Gasteiger partial charge in [0.15, 0.2) is 0 Å². The minimum absolute atomic E-state index is 0.120. The number of fused-ring (bicyclic) bond motifs is 1. The first kappa shape index (κ1) is 25.3.